The van der Waals surface area contributed by atoms with E-state index in [2.05, 4.69) is 10.6 Å². The SMILES string of the molecule is CSc1ccc(C)c(C(=O)NCCNC(=O)c2ccc(Cl)cc2)c1. The number of amides is 2. The first-order chi connectivity index (χ1) is 11.5. The molecule has 2 aromatic rings. The minimum atomic E-state index is -0.193. The van der Waals surface area contributed by atoms with Crippen LogP contribution in [0.15, 0.2) is 47.4 Å². The van der Waals surface area contributed by atoms with Crippen molar-refractivity contribution in [2.75, 3.05) is 19.3 Å². The summed E-state index contributed by atoms with van der Waals surface area (Å²) in [6, 6.07) is 12.5. The lowest BCUT2D eigenvalue weighted by molar-refractivity contribution is 0.0927. The molecule has 2 rings (SSSR count). The second kappa shape index (κ2) is 8.76. The van der Waals surface area contributed by atoms with Gasteiger partial charge in [0.2, 0.25) is 0 Å². The molecule has 2 N–H and O–H groups in total. The quantitative estimate of drug-likeness (QED) is 0.610. The van der Waals surface area contributed by atoms with Crippen LogP contribution in [0.2, 0.25) is 5.02 Å². The second-order valence-electron chi connectivity index (χ2n) is 5.20. The van der Waals surface area contributed by atoms with Gasteiger partial charge < -0.3 is 10.6 Å². The fourth-order valence-corrected chi connectivity index (χ4v) is 2.69. The Kier molecular flexibility index (Phi) is 6.70. The lowest BCUT2D eigenvalue weighted by Gasteiger charge is -2.10. The van der Waals surface area contributed by atoms with Gasteiger partial charge in [0.25, 0.3) is 11.8 Å². The van der Waals surface area contributed by atoms with E-state index in [0.717, 1.165) is 10.5 Å². The van der Waals surface area contributed by atoms with Crippen LogP contribution in [0.5, 0.6) is 0 Å². The molecule has 2 amide bonds. The molecule has 126 valence electrons. The van der Waals surface area contributed by atoms with Crippen LogP contribution in [0.1, 0.15) is 26.3 Å². The summed E-state index contributed by atoms with van der Waals surface area (Å²) in [6.07, 6.45) is 1.97. The number of rotatable bonds is 6. The number of hydrogen-bond acceptors (Lipinski definition) is 3. The summed E-state index contributed by atoms with van der Waals surface area (Å²) in [5.41, 5.74) is 2.12. The molecule has 0 aliphatic carbocycles. The van der Waals surface area contributed by atoms with E-state index in [1.54, 1.807) is 36.0 Å². The lowest BCUT2D eigenvalue weighted by Crippen LogP contribution is -2.34. The lowest BCUT2D eigenvalue weighted by atomic mass is 10.1. The van der Waals surface area contributed by atoms with E-state index in [1.807, 2.05) is 31.4 Å². The van der Waals surface area contributed by atoms with E-state index < -0.39 is 0 Å². The second-order valence-corrected chi connectivity index (χ2v) is 6.52. The summed E-state index contributed by atoms with van der Waals surface area (Å²) in [7, 11) is 0. The largest absolute Gasteiger partial charge is 0.350 e. The molecule has 0 aliphatic rings. The van der Waals surface area contributed by atoms with Gasteiger partial charge in [0.05, 0.1) is 0 Å². The first-order valence-electron chi connectivity index (χ1n) is 7.48. The zero-order chi connectivity index (χ0) is 17.5. The summed E-state index contributed by atoms with van der Waals surface area (Å²) in [5, 5.41) is 6.17. The summed E-state index contributed by atoms with van der Waals surface area (Å²) in [6.45, 7) is 2.62. The Bertz CT molecular complexity index is 732. The number of carbonyl (C=O) groups excluding carboxylic acids is 2. The number of hydrogen-bond donors (Lipinski definition) is 2. The monoisotopic (exact) mass is 362 g/mol. The van der Waals surface area contributed by atoms with E-state index in [0.29, 0.717) is 29.2 Å². The molecule has 0 radical (unpaired) electrons. The molecule has 0 bridgehead atoms. The smallest absolute Gasteiger partial charge is 0.251 e. The first kappa shape index (κ1) is 18.4. The molecule has 24 heavy (non-hydrogen) atoms. The van der Waals surface area contributed by atoms with Crippen LogP contribution in [0.3, 0.4) is 0 Å². The molecule has 0 unspecified atom stereocenters. The zero-order valence-corrected chi connectivity index (χ0v) is 15.1. The highest BCUT2D eigenvalue weighted by atomic mass is 35.5. The third-order valence-corrected chi connectivity index (χ3v) is 4.47. The van der Waals surface area contributed by atoms with Crippen molar-refractivity contribution in [2.45, 2.75) is 11.8 Å². The van der Waals surface area contributed by atoms with Gasteiger partial charge in [-0.1, -0.05) is 17.7 Å². The van der Waals surface area contributed by atoms with Crippen LogP contribution in [-0.4, -0.2) is 31.2 Å². The highest BCUT2D eigenvalue weighted by Crippen LogP contribution is 2.18. The van der Waals surface area contributed by atoms with E-state index in [-0.39, 0.29) is 11.8 Å². The predicted octanol–water partition coefficient (Wildman–Crippen LogP) is 3.53. The topological polar surface area (TPSA) is 58.2 Å². The Morgan fingerprint density at radius 1 is 1.00 bits per heavy atom. The van der Waals surface area contributed by atoms with E-state index in [9.17, 15) is 9.59 Å². The Morgan fingerprint density at radius 3 is 2.25 bits per heavy atom. The van der Waals surface area contributed by atoms with E-state index in [1.165, 1.54) is 0 Å². The average Bonchev–Trinajstić information content (AvgIpc) is 2.59. The van der Waals surface area contributed by atoms with Gasteiger partial charge in [-0.2, -0.15) is 0 Å². The van der Waals surface area contributed by atoms with Crippen molar-refractivity contribution in [2.24, 2.45) is 0 Å². The number of aryl methyl sites for hydroxylation is 1. The van der Waals surface area contributed by atoms with E-state index >= 15 is 0 Å². The molecule has 0 saturated heterocycles. The van der Waals surface area contributed by atoms with Gasteiger partial charge >= 0.3 is 0 Å². The molecular weight excluding hydrogens is 344 g/mol. The maximum Gasteiger partial charge on any atom is 0.251 e. The number of benzene rings is 2. The first-order valence-corrected chi connectivity index (χ1v) is 9.08. The summed E-state index contributed by atoms with van der Waals surface area (Å²) in [5.74, 6) is -0.328. The van der Waals surface area contributed by atoms with Crippen molar-refractivity contribution in [3.8, 4) is 0 Å². The number of thioether (sulfide) groups is 1. The fraction of sp³-hybridized carbons (Fsp3) is 0.222. The van der Waals surface area contributed by atoms with Crippen molar-refractivity contribution < 1.29 is 9.59 Å². The predicted molar refractivity (Wildman–Crippen MR) is 99.1 cm³/mol. The van der Waals surface area contributed by atoms with Gasteiger partial charge in [0.15, 0.2) is 0 Å². The molecule has 4 nitrogen and oxygen atoms in total. The molecule has 0 heterocycles. The Morgan fingerprint density at radius 2 is 1.62 bits per heavy atom. The molecule has 0 atom stereocenters. The Hall–Kier alpha value is -1.98. The number of carbonyl (C=O) groups is 2. The maximum absolute atomic E-state index is 12.2. The molecule has 0 aliphatic heterocycles. The van der Waals surface area contributed by atoms with Crippen molar-refractivity contribution in [1.29, 1.82) is 0 Å². The van der Waals surface area contributed by atoms with Crippen LogP contribution in [-0.2, 0) is 0 Å². The van der Waals surface area contributed by atoms with Gasteiger partial charge in [-0.3, -0.25) is 9.59 Å². The van der Waals surface area contributed by atoms with Gasteiger partial charge in [-0.05, 0) is 55.1 Å². The van der Waals surface area contributed by atoms with Crippen LogP contribution >= 0.6 is 23.4 Å². The third kappa shape index (κ3) is 5.01. The van der Waals surface area contributed by atoms with Gasteiger partial charge in [-0.25, -0.2) is 0 Å². The highest BCUT2D eigenvalue weighted by Gasteiger charge is 2.10. The number of halogens is 1. The summed E-state index contributed by atoms with van der Waals surface area (Å²) in [4.78, 5) is 25.2. The molecule has 0 fully saturated rings. The number of nitrogens with one attached hydrogen (secondary N) is 2. The minimum absolute atomic E-state index is 0.135. The molecule has 0 spiro atoms. The standard InChI is InChI=1S/C18H19ClN2O2S/c1-12-3-8-15(24-2)11-16(12)18(23)21-10-9-20-17(22)13-4-6-14(19)7-5-13/h3-8,11H,9-10H2,1-2H3,(H,20,22)(H,21,23). The zero-order valence-electron chi connectivity index (χ0n) is 13.6. The maximum atomic E-state index is 12.2. The average molecular weight is 363 g/mol. The fourth-order valence-electron chi connectivity index (χ4n) is 2.12. The van der Waals surface area contributed by atoms with Crippen LogP contribution in [0.4, 0.5) is 0 Å². The van der Waals surface area contributed by atoms with Gasteiger partial charge in [0, 0.05) is 34.1 Å². The highest BCUT2D eigenvalue weighted by molar-refractivity contribution is 7.98. The molecule has 0 saturated carbocycles. The van der Waals surface area contributed by atoms with Crippen molar-refractivity contribution >= 4 is 35.2 Å². The van der Waals surface area contributed by atoms with Crippen LogP contribution in [0, 0.1) is 6.92 Å². The van der Waals surface area contributed by atoms with Crippen molar-refractivity contribution in [3.05, 3.63) is 64.2 Å². The summed E-state index contributed by atoms with van der Waals surface area (Å²) < 4.78 is 0. The Labute approximate surface area is 151 Å². The van der Waals surface area contributed by atoms with Crippen molar-refractivity contribution in [3.63, 3.8) is 0 Å². The molecular formula is C18H19ClN2O2S. The minimum Gasteiger partial charge on any atom is -0.350 e. The van der Waals surface area contributed by atoms with E-state index in [4.69, 9.17) is 11.6 Å². The normalized spacial score (nSPS) is 10.3. The molecule has 6 heteroatoms. The molecule has 2 aromatic carbocycles. The third-order valence-electron chi connectivity index (χ3n) is 3.49. The van der Waals surface area contributed by atoms with Gasteiger partial charge in [-0.15, -0.1) is 11.8 Å². The van der Waals surface area contributed by atoms with Crippen LogP contribution in [0.25, 0.3) is 0 Å². The Balaban J connectivity index is 1.82. The summed E-state index contributed by atoms with van der Waals surface area (Å²) >= 11 is 7.38. The molecule has 0 aromatic heterocycles. The van der Waals surface area contributed by atoms with Gasteiger partial charge in [0.1, 0.15) is 0 Å². The van der Waals surface area contributed by atoms with Crippen molar-refractivity contribution in [1.82, 2.24) is 10.6 Å². The van der Waals surface area contributed by atoms with Crippen LogP contribution < -0.4 is 10.6 Å².